The van der Waals surface area contributed by atoms with Gasteiger partial charge in [-0.2, -0.15) is 0 Å². The third kappa shape index (κ3) is 2.57. The summed E-state index contributed by atoms with van der Waals surface area (Å²) in [4.78, 5) is 17.7. The Labute approximate surface area is 112 Å². The number of carbonyl (C=O) groups is 1. The quantitative estimate of drug-likeness (QED) is 0.877. The van der Waals surface area contributed by atoms with E-state index in [1.165, 1.54) is 0 Å². The summed E-state index contributed by atoms with van der Waals surface area (Å²) < 4.78 is 0. The molecule has 1 aliphatic rings. The van der Waals surface area contributed by atoms with Crippen molar-refractivity contribution in [2.24, 2.45) is 11.7 Å². The van der Waals surface area contributed by atoms with Crippen molar-refractivity contribution >= 4 is 17.2 Å². The van der Waals surface area contributed by atoms with E-state index in [1.807, 2.05) is 27.7 Å². The molecule has 1 heterocycles. The first kappa shape index (κ1) is 13.5. The molecule has 0 spiro atoms. The maximum Gasteiger partial charge on any atom is 0.240 e. The van der Waals surface area contributed by atoms with Crippen LogP contribution in [0, 0.1) is 19.8 Å². The SMILES string of the molecule is Cc1nc(C)c(C(C)NC(=O)C(C)(N)C2CC2)s1. The standard InChI is InChI=1S/C13H21N3OS/c1-7-11(18-9(3)15-7)8(2)16-12(17)13(4,14)10-5-6-10/h8,10H,5-6,14H2,1-4H3,(H,16,17). The van der Waals surface area contributed by atoms with Crippen LogP contribution in [0.25, 0.3) is 0 Å². The van der Waals surface area contributed by atoms with Crippen molar-refractivity contribution in [2.45, 2.75) is 52.1 Å². The minimum atomic E-state index is -0.734. The van der Waals surface area contributed by atoms with E-state index < -0.39 is 5.54 Å². The Morgan fingerprint density at radius 1 is 1.56 bits per heavy atom. The fourth-order valence-corrected chi connectivity index (χ4v) is 3.16. The largest absolute Gasteiger partial charge is 0.347 e. The van der Waals surface area contributed by atoms with Crippen LogP contribution in [0.1, 0.15) is 48.3 Å². The van der Waals surface area contributed by atoms with Gasteiger partial charge in [-0.1, -0.05) is 0 Å². The molecular weight excluding hydrogens is 246 g/mol. The predicted octanol–water partition coefficient (Wildman–Crippen LogP) is 2.06. The maximum atomic E-state index is 12.2. The molecule has 2 atom stereocenters. The first-order valence-corrected chi connectivity index (χ1v) is 7.17. The highest BCUT2D eigenvalue weighted by Crippen LogP contribution is 2.38. The van der Waals surface area contributed by atoms with Crippen LogP contribution >= 0.6 is 11.3 Å². The van der Waals surface area contributed by atoms with E-state index >= 15 is 0 Å². The summed E-state index contributed by atoms with van der Waals surface area (Å²) in [7, 11) is 0. The van der Waals surface area contributed by atoms with Crippen molar-refractivity contribution in [1.82, 2.24) is 10.3 Å². The molecule has 2 unspecified atom stereocenters. The van der Waals surface area contributed by atoms with Gasteiger partial charge in [0.1, 0.15) is 0 Å². The highest BCUT2D eigenvalue weighted by molar-refractivity contribution is 7.11. The van der Waals surface area contributed by atoms with Crippen LogP contribution in [0.2, 0.25) is 0 Å². The van der Waals surface area contributed by atoms with E-state index in [2.05, 4.69) is 10.3 Å². The van der Waals surface area contributed by atoms with Crippen molar-refractivity contribution in [3.63, 3.8) is 0 Å². The van der Waals surface area contributed by atoms with Gasteiger partial charge in [-0.3, -0.25) is 4.79 Å². The number of nitrogens with zero attached hydrogens (tertiary/aromatic N) is 1. The number of nitrogens with one attached hydrogen (secondary N) is 1. The normalized spacial score (nSPS) is 20.3. The lowest BCUT2D eigenvalue weighted by molar-refractivity contribution is -0.127. The Hall–Kier alpha value is -0.940. The van der Waals surface area contributed by atoms with Gasteiger partial charge in [0.25, 0.3) is 0 Å². The summed E-state index contributed by atoms with van der Waals surface area (Å²) in [5.41, 5.74) is 6.37. The van der Waals surface area contributed by atoms with Crippen molar-refractivity contribution in [2.75, 3.05) is 0 Å². The van der Waals surface area contributed by atoms with Gasteiger partial charge in [-0.15, -0.1) is 11.3 Å². The predicted molar refractivity (Wildman–Crippen MR) is 73.5 cm³/mol. The van der Waals surface area contributed by atoms with E-state index in [9.17, 15) is 4.79 Å². The molecule has 18 heavy (non-hydrogen) atoms. The molecule has 1 aliphatic carbocycles. The molecule has 3 N–H and O–H groups in total. The van der Waals surface area contributed by atoms with Crippen molar-refractivity contribution in [1.29, 1.82) is 0 Å². The van der Waals surface area contributed by atoms with Crippen LogP contribution < -0.4 is 11.1 Å². The van der Waals surface area contributed by atoms with Gasteiger partial charge in [0.2, 0.25) is 5.91 Å². The fourth-order valence-electron chi connectivity index (χ4n) is 2.23. The van der Waals surface area contributed by atoms with Gasteiger partial charge in [0, 0.05) is 4.88 Å². The molecule has 100 valence electrons. The average molecular weight is 267 g/mol. The molecule has 1 saturated carbocycles. The minimum absolute atomic E-state index is 0.0228. The Bertz CT molecular complexity index is 463. The van der Waals surface area contributed by atoms with E-state index in [0.29, 0.717) is 5.92 Å². The molecular formula is C13H21N3OS. The smallest absolute Gasteiger partial charge is 0.240 e. The number of nitrogens with two attached hydrogens (primary N) is 1. The van der Waals surface area contributed by atoms with Gasteiger partial charge >= 0.3 is 0 Å². The lowest BCUT2D eigenvalue weighted by Crippen LogP contribution is -2.53. The Morgan fingerprint density at radius 3 is 2.61 bits per heavy atom. The number of carbonyl (C=O) groups excluding carboxylic acids is 1. The van der Waals surface area contributed by atoms with Crippen molar-refractivity contribution in [3.05, 3.63) is 15.6 Å². The van der Waals surface area contributed by atoms with Crippen LogP contribution in [0.3, 0.4) is 0 Å². The first-order valence-electron chi connectivity index (χ1n) is 6.36. The Balaban J connectivity index is 2.05. The second-order valence-corrected chi connectivity index (χ2v) is 6.67. The fraction of sp³-hybridized carbons (Fsp3) is 0.692. The van der Waals surface area contributed by atoms with Crippen LogP contribution in [0.15, 0.2) is 0 Å². The van der Waals surface area contributed by atoms with Gasteiger partial charge in [0.05, 0.1) is 22.3 Å². The molecule has 1 fully saturated rings. The molecule has 0 bridgehead atoms. The first-order chi connectivity index (χ1) is 8.32. The average Bonchev–Trinajstić information content (AvgIpc) is 3.05. The molecule has 0 aliphatic heterocycles. The zero-order valence-electron chi connectivity index (χ0n) is 11.4. The van der Waals surface area contributed by atoms with Crippen LogP contribution in [0.4, 0.5) is 0 Å². The molecule has 1 aromatic rings. The lowest BCUT2D eigenvalue weighted by Gasteiger charge is -2.25. The molecule has 0 aromatic carbocycles. The topological polar surface area (TPSA) is 68.0 Å². The number of aryl methyl sites for hydroxylation is 2. The summed E-state index contributed by atoms with van der Waals surface area (Å²) in [6, 6.07) is -0.0228. The zero-order valence-corrected chi connectivity index (χ0v) is 12.2. The monoisotopic (exact) mass is 267 g/mol. The molecule has 1 aromatic heterocycles. The number of hydrogen-bond donors (Lipinski definition) is 2. The van der Waals surface area contributed by atoms with Crippen molar-refractivity contribution < 1.29 is 4.79 Å². The third-order valence-corrected chi connectivity index (χ3v) is 4.85. The van der Waals surface area contributed by atoms with Crippen LogP contribution in [-0.4, -0.2) is 16.4 Å². The second-order valence-electron chi connectivity index (χ2n) is 5.43. The van der Waals surface area contributed by atoms with Gasteiger partial charge in [-0.25, -0.2) is 4.98 Å². The number of hydrogen-bond acceptors (Lipinski definition) is 4. The highest BCUT2D eigenvalue weighted by atomic mass is 32.1. The molecule has 0 radical (unpaired) electrons. The molecule has 5 heteroatoms. The van der Waals surface area contributed by atoms with Gasteiger partial charge in [0.15, 0.2) is 0 Å². The molecule has 1 amide bonds. The van der Waals surface area contributed by atoms with E-state index in [4.69, 9.17) is 5.73 Å². The lowest BCUT2D eigenvalue weighted by atomic mass is 9.96. The number of rotatable bonds is 4. The van der Waals surface area contributed by atoms with E-state index in [0.717, 1.165) is 28.4 Å². The van der Waals surface area contributed by atoms with E-state index in [1.54, 1.807) is 11.3 Å². The summed E-state index contributed by atoms with van der Waals surface area (Å²) in [6.45, 7) is 7.77. The second kappa shape index (κ2) is 4.63. The van der Waals surface area contributed by atoms with Gasteiger partial charge < -0.3 is 11.1 Å². The summed E-state index contributed by atoms with van der Waals surface area (Å²) in [6.07, 6.45) is 2.13. The van der Waals surface area contributed by atoms with Crippen LogP contribution in [-0.2, 0) is 4.79 Å². The van der Waals surface area contributed by atoms with Gasteiger partial charge in [-0.05, 0) is 46.5 Å². The van der Waals surface area contributed by atoms with Crippen molar-refractivity contribution in [3.8, 4) is 0 Å². The zero-order chi connectivity index (χ0) is 13.5. The Morgan fingerprint density at radius 2 is 2.17 bits per heavy atom. The number of amides is 1. The maximum absolute atomic E-state index is 12.2. The molecule has 0 saturated heterocycles. The minimum Gasteiger partial charge on any atom is -0.347 e. The summed E-state index contributed by atoms with van der Waals surface area (Å²) in [5, 5.41) is 4.05. The summed E-state index contributed by atoms with van der Waals surface area (Å²) in [5.74, 6) is 0.289. The molecule has 2 rings (SSSR count). The summed E-state index contributed by atoms with van der Waals surface area (Å²) >= 11 is 1.63. The molecule has 4 nitrogen and oxygen atoms in total. The number of thiazole rings is 1. The Kier molecular flexibility index (Phi) is 3.47. The van der Waals surface area contributed by atoms with Crippen LogP contribution in [0.5, 0.6) is 0 Å². The van der Waals surface area contributed by atoms with E-state index in [-0.39, 0.29) is 11.9 Å². The third-order valence-electron chi connectivity index (χ3n) is 3.59. The highest BCUT2D eigenvalue weighted by Gasteiger charge is 2.44. The number of aromatic nitrogens is 1.